The number of carbonyl (C=O) groups excluding carboxylic acids is 4. The third-order valence-electron chi connectivity index (χ3n) is 5.24. The largest absolute Gasteiger partial charge is 1.00 e. The molecule has 2 aliphatic heterocycles. The Bertz CT molecular complexity index is 1350. The number of amides is 2. The molecular formula is C20H18N6Na2O7S4. The molecule has 0 spiro atoms. The van der Waals surface area contributed by atoms with Crippen LogP contribution in [0.5, 0.6) is 0 Å². The van der Waals surface area contributed by atoms with Gasteiger partial charge >= 0.3 is 59.1 Å². The van der Waals surface area contributed by atoms with E-state index >= 15 is 0 Å². The number of carbonyl (C=O) groups is 4. The second kappa shape index (κ2) is 14.7. The number of nitrogens with two attached hydrogens (primary N) is 1. The van der Waals surface area contributed by atoms with Crippen LogP contribution in [0.1, 0.15) is 16.3 Å². The Balaban J connectivity index is 0.00000267. The summed E-state index contributed by atoms with van der Waals surface area (Å²) in [6, 6.07) is -0.993. The number of thiazole rings is 2. The number of anilines is 1. The molecule has 196 valence electrons. The number of nitrogens with one attached hydrogen (secondary N) is 1. The molecule has 1 unspecified atom stereocenters. The predicted molar refractivity (Wildman–Crippen MR) is 133 cm³/mol. The van der Waals surface area contributed by atoms with Crippen molar-refractivity contribution in [2.24, 2.45) is 5.16 Å². The number of aliphatic carboxylic acids is 2. The van der Waals surface area contributed by atoms with Gasteiger partial charge in [-0.2, -0.15) is 0 Å². The zero-order chi connectivity index (χ0) is 26.9. The molecule has 0 aliphatic carbocycles. The van der Waals surface area contributed by atoms with Crippen LogP contribution in [0.3, 0.4) is 0 Å². The van der Waals surface area contributed by atoms with E-state index in [1.165, 1.54) is 47.4 Å². The maximum Gasteiger partial charge on any atom is 1.00 e. The monoisotopic (exact) mass is 628 g/mol. The molecule has 2 aromatic rings. The molecule has 4 heterocycles. The van der Waals surface area contributed by atoms with Gasteiger partial charge in [-0.05, 0) is 12.5 Å². The van der Waals surface area contributed by atoms with Crippen molar-refractivity contribution in [2.75, 3.05) is 24.3 Å². The van der Waals surface area contributed by atoms with Crippen LogP contribution in [-0.2, 0) is 30.4 Å². The number of carboxylic acids is 2. The number of hydrogen-bond acceptors (Lipinski definition) is 15. The van der Waals surface area contributed by atoms with Crippen LogP contribution >= 0.6 is 46.2 Å². The van der Waals surface area contributed by atoms with Gasteiger partial charge in [-0.1, -0.05) is 16.9 Å². The predicted octanol–water partition coefficient (Wildman–Crippen LogP) is -7.66. The standard InChI is InChI=1S/C20H20N6O7S4.2Na/c1-7-10(3-11(27)28)37-20(22-7)36-5-8-4-34-17-13(16(30)26(17)14(8)18(31)32)24-15(29)12(25-33-2)9-6-35-19(21)23-9;;/h6,13,17H,3-5H2,1-2H3,(H2,21,23)(H,24,29)(H,27,28)(H,31,32);;/q;2*+1/p-2/t13?,17-;;/m0../s1. The van der Waals surface area contributed by atoms with Crippen LogP contribution in [0, 0.1) is 6.92 Å². The summed E-state index contributed by atoms with van der Waals surface area (Å²) >= 11 is 4.83. The van der Waals surface area contributed by atoms with Crippen molar-refractivity contribution in [3.63, 3.8) is 0 Å². The number of β-lactam (4-membered cyclic amide) rings is 1. The Labute approximate surface area is 283 Å². The van der Waals surface area contributed by atoms with Crippen molar-refractivity contribution in [3.05, 3.63) is 32.9 Å². The van der Waals surface area contributed by atoms with Gasteiger partial charge in [0.15, 0.2) is 15.2 Å². The first kappa shape index (κ1) is 34.1. The topological polar surface area (TPSA) is 203 Å². The molecule has 1 saturated heterocycles. The normalized spacial score (nSPS) is 18.4. The number of fused-ring (bicyclic) bond motifs is 1. The van der Waals surface area contributed by atoms with E-state index < -0.39 is 35.2 Å². The molecular weight excluding hydrogens is 611 g/mol. The number of thioether (sulfide) groups is 2. The second-order valence-corrected chi connectivity index (χ2v) is 11.9. The minimum Gasteiger partial charge on any atom is -0.550 e. The van der Waals surface area contributed by atoms with E-state index in [1.807, 2.05) is 0 Å². The van der Waals surface area contributed by atoms with Gasteiger partial charge in [0.25, 0.3) is 11.8 Å². The number of aromatic nitrogens is 2. The molecule has 13 nitrogen and oxygen atoms in total. The van der Waals surface area contributed by atoms with Crippen LogP contribution in [-0.4, -0.2) is 74.4 Å². The van der Waals surface area contributed by atoms with Gasteiger partial charge in [0.2, 0.25) is 0 Å². The van der Waals surface area contributed by atoms with Crippen LogP contribution in [0.4, 0.5) is 5.13 Å². The Morgan fingerprint density at radius 2 is 2.03 bits per heavy atom. The summed E-state index contributed by atoms with van der Waals surface area (Å²) in [5.41, 5.74) is 6.41. The fourth-order valence-corrected chi connectivity index (χ4v) is 7.84. The fraction of sp³-hybridized carbons (Fsp3) is 0.350. The van der Waals surface area contributed by atoms with E-state index in [0.717, 1.165) is 16.2 Å². The molecule has 0 aromatic carbocycles. The summed E-state index contributed by atoms with van der Waals surface area (Å²) in [6.07, 6.45) is -0.253. The van der Waals surface area contributed by atoms with E-state index in [2.05, 4.69) is 20.4 Å². The smallest absolute Gasteiger partial charge is 0.550 e. The molecule has 2 amide bonds. The van der Waals surface area contributed by atoms with Crippen molar-refractivity contribution in [1.29, 1.82) is 0 Å². The molecule has 39 heavy (non-hydrogen) atoms. The summed E-state index contributed by atoms with van der Waals surface area (Å²) < 4.78 is 0.568. The van der Waals surface area contributed by atoms with Crippen LogP contribution in [0.25, 0.3) is 0 Å². The first-order valence-corrected chi connectivity index (χ1v) is 14.1. The molecule has 19 heteroatoms. The van der Waals surface area contributed by atoms with Gasteiger partial charge in [-0.15, -0.1) is 34.4 Å². The van der Waals surface area contributed by atoms with E-state index in [-0.39, 0.29) is 99.3 Å². The van der Waals surface area contributed by atoms with Gasteiger partial charge < -0.3 is 35.7 Å². The van der Waals surface area contributed by atoms with Gasteiger partial charge in [-0.3, -0.25) is 14.5 Å². The van der Waals surface area contributed by atoms with E-state index in [0.29, 0.717) is 20.5 Å². The molecule has 0 radical (unpaired) electrons. The molecule has 3 N–H and O–H groups in total. The molecule has 2 atom stereocenters. The van der Waals surface area contributed by atoms with E-state index in [9.17, 15) is 29.4 Å². The zero-order valence-electron chi connectivity index (χ0n) is 21.2. The maximum atomic E-state index is 12.9. The third-order valence-corrected chi connectivity index (χ3v) is 9.64. The Hall–Kier alpha value is -1.15. The van der Waals surface area contributed by atoms with Crippen molar-refractivity contribution < 1.29 is 93.3 Å². The Morgan fingerprint density at radius 1 is 1.31 bits per heavy atom. The maximum absolute atomic E-state index is 12.9. The first-order valence-electron chi connectivity index (χ1n) is 10.4. The van der Waals surface area contributed by atoms with E-state index in [1.54, 1.807) is 6.92 Å². The van der Waals surface area contributed by atoms with Gasteiger partial charge in [0.1, 0.15) is 24.2 Å². The van der Waals surface area contributed by atoms with Crippen LogP contribution < -0.4 is 80.4 Å². The molecule has 2 aromatic heterocycles. The minimum absolute atomic E-state index is 0. The number of carboxylic acid groups (broad SMARTS) is 2. The van der Waals surface area contributed by atoms with Crippen molar-refractivity contribution in [3.8, 4) is 0 Å². The molecule has 1 fully saturated rings. The SMILES string of the molecule is CON=C(C(=O)NC1C(=O)N2C(C(=O)[O-])=C(CSc3nc(C)c(CC(=O)[O-])s3)CS[C@@H]12)c1csc(N)n1.[Na+].[Na+]. The number of nitrogen functional groups attached to an aromatic ring is 1. The summed E-state index contributed by atoms with van der Waals surface area (Å²) in [5, 5.41) is 30.2. The number of aryl methyl sites for hydroxylation is 1. The third kappa shape index (κ3) is 7.58. The quantitative estimate of drug-likeness (QED) is 0.0829. The Kier molecular flexibility index (Phi) is 12.8. The van der Waals surface area contributed by atoms with Crippen molar-refractivity contribution >= 4 is 80.8 Å². The molecule has 4 rings (SSSR count). The summed E-state index contributed by atoms with van der Waals surface area (Å²) in [5.74, 6) is -3.58. The number of nitrogens with zero attached hydrogens (tertiary/aromatic N) is 4. The van der Waals surface area contributed by atoms with Crippen molar-refractivity contribution in [1.82, 2.24) is 20.2 Å². The van der Waals surface area contributed by atoms with Crippen LogP contribution in [0.2, 0.25) is 0 Å². The molecule has 2 aliphatic rings. The van der Waals surface area contributed by atoms with E-state index in [4.69, 9.17) is 10.6 Å². The van der Waals surface area contributed by atoms with Crippen LogP contribution in [0.15, 0.2) is 26.1 Å². The number of hydrogen-bond donors (Lipinski definition) is 2. The number of oxime groups is 1. The zero-order valence-corrected chi connectivity index (χ0v) is 28.5. The van der Waals surface area contributed by atoms with Gasteiger partial charge in [-0.25, -0.2) is 9.97 Å². The molecule has 0 bridgehead atoms. The van der Waals surface area contributed by atoms with Crippen molar-refractivity contribution in [2.45, 2.75) is 29.1 Å². The molecule has 0 saturated carbocycles. The average molecular weight is 629 g/mol. The summed E-state index contributed by atoms with van der Waals surface area (Å²) in [4.78, 5) is 63.4. The fourth-order valence-electron chi connectivity index (χ4n) is 3.59. The summed E-state index contributed by atoms with van der Waals surface area (Å²) in [6.45, 7) is 1.69. The first-order chi connectivity index (χ1) is 17.6. The van der Waals surface area contributed by atoms with Gasteiger partial charge in [0, 0.05) is 34.2 Å². The second-order valence-electron chi connectivity index (χ2n) is 7.62. The minimum atomic E-state index is -1.51. The Morgan fingerprint density at radius 3 is 2.62 bits per heavy atom. The average Bonchev–Trinajstić information content (AvgIpc) is 3.42. The van der Waals surface area contributed by atoms with Gasteiger partial charge in [0.05, 0.1) is 17.4 Å². The summed E-state index contributed by atoms with van der Waals surface area (Å²) in [7, 11) is 1.25. The number of rotatable bonds is 10.